The molecule has 0 aliphatic carbocycles. The van der Waals surface area contributed by atoms with Crippen LogP contribution in [0.25, 0.3) is 0 Å². The lowest BCUT2D eigenvalue weighted by molar-refractivity contribution is 0.0394. The van der Waals surface area contributed by atoms with Crippen LogP contribution in [-0.4, -0.2) is 18.0 Å². The van der Waals surface area contributed by atoms with E-state index in [2.05, 4.69) is 4.99 Å². The van der Waals surface area contributed by atoms with E-state index in [1.807, 2.05) is 0 Å². The third kappa shape index (κ3) is 1.18. The largest absolute Gasteiger partial charge is 0.267 e. The number of allylic oxidation sites excluding steroid dienone is 1. The smallest absolute Gasteiger partial charge is 0.239 e. The Morgan fingerprint density at radius 2 is 2.44 bits per heavy atom. The van der Waals surface area contributed by atoms with Crippen LogP contribution in [0.5, 0.6) is 0 Å². The second-order valence-corrected chi connectivity index (χ2v) is 1.86. The average Bonchev–Trinajstić information content (AvgIpc) is 1.83. The molecule has 0 aromatic carbocycles. The fourth-order valence-corrected chi connectivity index (χ4v) is 0.585. The lowest BCUT2D eigenvalue weighted by Gasteiger charge is -2.11. The molecule has 5 heteroatoms. The lowest BCUT2D eigenvalue weighted by Crippen LogP contribution is -2.15. The molecular formula is C4H3ClF2N2. The van der Waals surface area contributed by atoms with Gasteiger partial charge in [-0.25, -0.2) is 0 Å². The summed E-state index contributed by atoms with van der Waals surface area (Å²) in [5.74, 6) is -1.08. The normalized spacial score (nSPS) is 19.2. The molecule has 9 heavy (non-hydrogen) atoms. The molecule has 0 saturated carbocycles. The van der Waals surface area contributed by atoms with Crippen molar-refractivity contribution in [3.05, 3.63) is 11.0 Å². The molecule has 2 nitrogen and oxygen atoms in total. The second-order valence-electron chi connectivity index (χ2n) is 1.45. The van der Waals surface area contributed by atoms with Gasteiger partial charge >= 0.3 is 0 Å². The van der Waals surface area contributed by atoms with Gasteiger partial charge in [-0.15, -0.1) is 0 Å². The maximum Gasteiger partial charge on any atom is 0.239 e. The maximum absolute atomic E-state index is 12.2. The van der Waals surface area contributed by atoms with Crippen molar-refractivity contribution < 1.29 is 8.87 Å². The maximum atomic E-state index is 12.2. The topological polar surface area (TPSA) is 15.6 Å². The van der Waals surface area contributed by atoms with E-state index < -0.39 is 5.95 Å². The van der Waals surface area contributed by atoms with Gasteiger partial charge in [0.25, 0.3) is 0 Å². The van der Waals surface area contributed by atoms with Crippen LogP contribution in [0.1, 0.15) is 0 Å². The first-order chi connectivity index (χ1) is 4.22. The fraction of sp³-hybridized carbons (Fsp3) is 0.250. The highest BCUT2D eigenvalue weighted by Crippen LogP contribution is 2.17. The first-order valence-electron chi connectivity index (χ1n) is 2.20. The van der Waals surface area contributed by atoms with Crippen molar-refractivity contribution in [1.29, 1.82) is 0 Å². The third-order valence-corrected chi connectivity index (χ3v) is 1.07. The zero-order chi connectivity index (χ0) is 6.85. The van der Waals surface area contributed by atoms with Gasteiger partial charge in [0.15, 0.2) is 0 Å². The minimum absolute atomic E-state index is 0.164. The predicted octanol–water partition coefficient (Wildman–Crippen LogP) is 1.59. The molecule has 0 unspecified atom stereocenters. The second kappa shape index (κ2) is 2.31. The summed E-state index contributed by atoms with van der Waals surface area (Å²) in [6.45, 7) is -0.317. The first kappa shape index (κ1) is 6.48. The molecule has 0 amide bonds. The zero-order valence-corrected chi connectivity index (χ0v) is 5.07. The summed E-state index contributed by atoms with van der Waals surface area (Å²) in [7, 11) is 0. The van der Waals surface area contributed by atoms with Crippen molar-refractivity contribution in [3.8, 4) is 0 Å². The Labute approximate surface area is 55.4 Å². The molecule has 50 valence electrons. The summed E-state index contributed by atoms with van der Waals surface area (Å²) in [6.07, 6.45) is 1.08. The zero-order valence-electron chi connectivity index (χ0n) is 4.31. The SMILES string of the molecule is FC1=C(Cl)C=NCN1F. The standard InChI is InChI=1S/C4H3ClF2N2/c5-3-1-8-2-9(7)4(3)6/h1H,2H2. The van der Waals surface area contributed by atoms with Gasteiger partial charge in [0.05, 0.1) is 0 Å². The van der Waals surface area contributed by atoms with Crippen LogP contribution in [0.4, 0.5) is 8.87 Å². The molecule has 1 aliphatic heterocycles. The van der Waals surface area contributed by atoms with E-state index in [4.69, 9.17) is 11.6 Å². The van der Waals surface area contributed by atoms with Crippen LogP contribution in [0.15, 0.2) is 16.0 Å². The minimum Gasteiger partial charge on any atom is -0.267 e. The lowest BCUT2D eigenvalue weighted by atomic mass is 10.6. The van der Waals surface area contributed by atoms with Crippen LogP contribution in [0.3, 0.4) is 0 Å². The molecule has 0 bridgehead atoms. The van der Waals surface area contributed by atoms with E-state index in [-0.39, 0.29) is 16.8 Å². The van der Waals surface area contributed by atoms with E-state index in [9.17, 15) is 8.87 Å². The highest BCUT2D eigenvalue weighted by Gasteiger charge is 2.14. The number of rotatable bonds is 0. The van der Waals surface area contributed by atoms with Crippen LogP contribution in [0.2, 0.25) is 0 Å². The highest BCUT2D eigenvalue weighted by molar-refractivity contribution is 6.39. The summed E-state index contributed by atoms with van der Waals surface area (Å²) in [4.78, 5) is 3.39. The van der Waals surface area contributed by atoms with Crippen molar-refractivity contribution in [1.82, 2.24) is 5.12 Å². The van der Waals surface area contributed by atoms with Crippen molar-refractivity contribution in [3.63, 3.8) is 0 Å². The Morgan fingerprint density at radius 1 is 1.78 bits per heavy atom. The molecule has 0 radical (unpaired) electrons. The van der Waals surface area contributed by atoms with Crippen molar-refractivity contribution in [2.45, 2.75) is 0 Å². The van der Waals surface area contributed by atoms with Crippen molar-refractivity contribution in [2.24, 2.45) is 4.99 Å². The number of aliphatic imine (C=N–C) groups is 1. The number of hydrogen-bond acceptors (Lipinski definition) is 2. The Balaban J connectivity index is 2.83. The molecule has 0 aromatic heterocycles. The summed E-state index contributed by atoms with van der Waals surface area (Å²) in [5.41, 5.74) is 0. The monoisotopic (exact) mass is 152 g/mol. The van der Waals surface area contributed by atoms with E-state index in [1.165, 1.54) is 0 Å². The Hall–Kier alpha value is -0.640. The average molecular weight is 153 g/mol. The minimum atomic E-state index is -1.08. The van der Waals surface area contributed by atoms with Crippen molar-refractivity contribution >= 4 is 17.8 Å². The molecule has 0 atom stereocenters. The predicted molar refractivity (Wildman–Crippen MR) is 30.3 cm³/mol. The summed E-state index contributed by atoms with van der Waals surface area (Å²) < 4.78 is 24.2. The molecule has 1 heterocycles. The van der Waals surface area contributed by atoms with Crippen molar-refractivity contribution in [2.75, 3.05) is 6.67 Å². The van der Waals surface area contributed by atoms with Gasteiger partial charge in [-0.1, -0.05) is 16.1 Å². The first-order valence-corrected chi connectivity index (χ1v) is 2.58. The van der Waals surface area contributed by atoms with Crippen LogP contribution >= 0.6 is 11.6 Å². The van der Waals surface area contributed by atoms with Crippen LogP contribution < -0.4 is 0 Å². The quantitative estimate of drug-likeness (QED) is 0.380. The molecule has 1 aliphatic rings. The Bertz CT molecular complexity index is 177. The Morgan fingerprint density at radius 3 is 2.89 bits per heavy atom. The van der Waals surface area contributed by atoms with E-state index in [1.54, 1.807) is 0 Å². The summed E-state index contributed by atoms with van der Waals surface area (Å²) in [6, 6.07) is 0. The summed E-state index contributed by atoms with van der Waals surface area (Å²) >= 11 is 5.14. The molecule has 0 aromatic rings. The molecule has 0 saturated heterocycles. The van der Waals surface area contributed by atoms with E-state index in [0.29, 0.717) is 0 Å². The number of hydrogen-bond donors (Lipinski definition) is 0. The molecule has 0 fully saturated rings. The van der Waals surface area contributed by atoms with Gasteiger partial charge in [-0.3, -0.25) is 4.99 Å². The van der Waals surface area contributed by atoms with Gasteiger partial charge < -0.3 is 0 Å². The van der Waals surface area contributed by atoms with Gasteiger partial charge in [0, 0.05) is 6.21 Å². The highest BCUT2D eigenvalue weighted by atomic mass is 35.5. The van der Waals surface area contributed by atoms with E-state index in [0.717, 1.165) is 6.21 Å². The van der Waals surface area contributed by atoms with Gasteiger partial charge in [0.1, 0.15) is 11.7 Å². The molecule has 0 spiro atoms. The van der Waals surface area contributed by atoms with E-state index >= 15 is 0 Å². The molecular weight excluding hydrogens is 150 g/mol. The van der Waals surface area contributed by atoms with Gasteiger partial charge in [-0.2, -0.15) is 9.51 Å². The molecule has 1 rings (SSSR count). The van der Waals surface area contributed by atoms with Crippen LogP contribution in [0, 0.1) is 0 Å². The number of halogens is 3. The van der Waals surface area contributed by atoms with Gasteiger partial charge in [0.2, 0.25) is 5.95 Å². The fourth-order valence-electron chi connectivity index (χ4n) is 0.424. The van der Waals surface area contributed by atoms with Crippen LogP contribution in [-0.2, 0) is 0 Å². The molecule has 0 N–H and O–H groups in total. The number of nitrogens with zero attached hydrogens (tertiary/aromatic N) is 2. The van der Waals surface area contributed by atoms with Gasteiger partial charge in [-0.05, 0) is 0 Å². The third-order valence-electron chi connectivity index (χ3n) is 0.821. The summed E-state index contributed by atoms with van der Waals surface area (Å²) in [5, 5.41) is -0.466. The Kier molecular flexibility index (Phi) is 1.66.